The summed E-state index contributed by atoms with van der Waals surface area (Å²) >= 11 is 1.60. The maximum Gasteiger partial charge on any atom is 0.148 e. The molecule has 5 nitrogen and oxygen atoms in total. The largest absolute Gasteiger partial charge is 0.506 e. The first-order valence-electron chi connectivity index (χ1n) is 6.92. The van der Waals surface area contributed by atoms with Crippen LogP contribution in [0.4, 0.5) is 11.5 Å². The van der Waals surface area contributed by atoms with Crippen LogP contribution in [0, 0.1) is 0 Å². The summed E-state index contributed by atoms with van der Waals surface area (Å²) in [7, 11) is 0. The van der Waals surface area contributed by atoms with Crippen molar-refractivity contribution in [2.75, 3.05) is 42.2 Å². The van der Waals surface area contributed by atoms with Crippen molar-refractivity contribution in [3.8, 4) is 5.75 Å². The number of hydrogen-bond donors (Lipinski definition) is 1. The van der Waals surface area contributed by atoms with E-state index in [0.29, 0.717) is 5.75 Å². The van der Waals surface area contributed by atoms with Gasteiger partial charge in [-0.25, -0.2) is 4.98 Å². The van der Waals surface area contributed by atoms with Crippen molar-refractivity contribution >= 4 is 23.3 Å². The number of hydrogen-bond acceptors (Lipinski definition) is 6. The molecule has 0 bridgehead atoms. The fourth-order valence-electron chi connectivity index (χ4n) is 2.50. The lowest BCUT2D eigenvalue weighted by Crippen LogP contribution is -2.46. The molecular weight excluding hydrogens is 284 g/mol. The van der Waals surface area contributed by atoms with Crippen molar-refractivity contribution in [3.05, 3.63) is 36.7 Å². The monoisotopic (exact) mass is 302 g/mol. The molecule has 0 amide bonds. The van der Waals surface area contributed by atoms with E-state index in [1.807, 2.05) is 30.7 Å². The molecule has 0 aliphatic carbocycles. The van der Waals surface area contributed by atoms with E-state index in [0.717, 1.165) is 42.7 Å². The normalized spacial score (nSPS) is 15.3. The van der Waals surface area contributed by atoms with Gasteiger partial charge in [0.15, 0.2) is 0 Å². The first kappa shape index (κ1) is 14.0. The summed E-state index contributed by atoms with van der Waals surface area (Å²) in [5.74, 6) is 1.27. The topological polar surface area (TPSA) is 52.5 Å². The van der Waals surface area contributed by atoms with E-state index in [1.165, 1.54) is 0 Å². The Morgan fingerprint density at radius 2 is 1.76 bits per heavy atom. The first-order valence-corrected chi connectivity index (χ1v) is 8.14. The molecule has 1 N–H and O–H groups in total. The maximum atomic E-state index is 9.93. The number of piperazine rings is 1. The van der Waals surface area contributed by atoms with Gasteiger partial charge in [-0.05, 0) is 18.4 Å². The summed E-state index contributed by atoms with van der Waals surface area (Å²) < 4.78 is 0. The minimum absolute atomic E-state index is 0.343. The molecule has 21 heavy (non-hydrogen) atoms. The molecule has 2 aromatic rings. The molecule has 0 atom stereocenters. The first-order chi connectivity index (χ1) is 10.3. The van der Waals surface area contributed by atoms with Crippen molar-refractivity contribution < 1.29 is 5.11 Å². The molecule has 1 aromatic carbocycles. The number of nitrogens with zero attached hydrogens (tertiary/aromatic N) is 4. The quantitative estimate of drug-likeness (QED) is 0.878. The highest BCUT2D eigenvalue weighted by Gasteiger charge is 2.20. The molecular formula is C15H18N4OS. The maximum absolute atomic E-state index is 9.93. The van der Waals surface area contributed by atoms with Gasteiger partial charge in [-0.2, -0.15) is 0 Å². The fourth-order valence-corrected chi connectivity index (χ4v) is 2.85. The standard InChI is InChI=1S/C15H18N4OS/c1-21-15-11-16-10-14(17-15)19-8-6-18(7-9-19)12-4-2-3-5-13(12)20/h2-5,10-11,20H,6-9H2,1H3. The van der Waals surface area contributed by atoms with E-state index in [1.54, 1.807) is 24.0 Å². The van der Waals surface area contributed by atoms with Crippen molar-refractivity contribution in [1.29, 1.82) is 0 Å². The molecule has 1 aromatic heterocycles. The smallest absolute Gasteiger partial charge is 0.148 e. The van der Waals surface area contributed by atoms with E-state index in [2.05, 4.69) is 19.8 Å². The Morgan fingerprint density at radius 3 is 2.48 bits per heavy atom. The Bertz CT molecular complexity index is 614. The van der Waals surface area contributed by atoms with E-state index in [-0.39, 0.29) is 0 Å². The average Bonchev–Trinajstić information content (AvgIpc) is 2.56. The predicted octanol–water partition coefficient (Wildman–Crippen LogP) is 2.23. The second kappa shape index (κ2) is 6.22. The second-order valence-corrected chi connectivity index (χ2v) is 5.71. The number of para-hydroxylation sites is 2. The third-order valence-electron chi connectivity index (χ3n) is 3.63. The Balaban J connectivity index is 1.69. The zero-order chi connectivity index (χ0) is 14.7. The van der Waals surface area contributed by atoms with Crippen LogP contribution < -0.4 is 9.80 Å². The van der Waals surface area contributed by atoms with Gasteiger partial charge >= 0.3 is 0 Å². The lowest BCUT2D eigenvalue weighted by Gasteiger charge is -2.36. The highest BCUT2D eigenvalue weighted by molar-refractivity contribution is 7.98. The highest BCUT2D eigenvalue weighted by atomic mass is 32.2. The summed E-state index contributed by atoms with van der Waals surface area (Å²) in [5.41, 5.74) is 0.904. The van der Waals surface area contributed by atoms with Crippen molar-refractivity contribution in [2.45, 2.75) is 5.03 Å². The summed E-state index contributed by atoms with van der Waals surface area (Å²) in [6.07, 6.45) is 5.60. The number of benzene rings is 1. The van der Waals surface area contributed by atoms with Gasteiger partial charge in [0, 0.05) is 26.2 Å². The summed E-state index contributed by atoms with van der Waals surface area (Å²) in [6, 6.07) is 7.49. The summed E-state index contributed by atoms with van der Waals surface area (Å²) in [5, 5.41) is 10.9. The fraction of sp³-hybridized carbons (Fsp3) is 0.333. The average molecular weight is 302 g/mol. The number of aromatic hydroxyl groups is 1. The Kier molecular flexibility index (Phi) is 4.15. The van der Waals surface area contributed by atoms with E-state index < -0.39 is 0 Å². The number of thioether (sulfide) groups is 1. The number of phenols is 1. The van der Waals surface area contributed by atoms with Gasteiger partial charge in [0.25, 0.3) is 0 Å². The highest BCUT2D eigenvalue weighted by Crippen LogP contribution is 2.28. The Hall–Kier alpha value is -1.95. The SMILES string of the molecule is CSc1cncc(N2CCN(c3ccccc3O)CC2)n1. The Morgan fingerprint density at radius 1 is 1.05 bits per heavy atom. The zero-order valence-corrected chi connectivity index (χ0v) is 12.8. The third-order valence-corrected chi connectivity index (χ3v) is 4.25. The van der Waals surface area contributed by atoms with Gasteiger partial charge < -0.3 is 14.9 Å². The minimum atomic E-state index is 0.343. The molecule has 1 saturated heterocycles. The van der Waals surface area contributed by atoms with Gasteiger partial charge in [-0.1, -0.05) is 12.1 Å². The van der Waals surface area contributed by atoms with Crippen LogP contribution in [0.15, 0.2) is 41.7 Å². The molecule has 6 heteroatoms. The van der Waals surface area contributed by atoms with Gasteiger partial charge in [0.2, 0.25) is 0 Å². The molecule has 110 valence electrons. The van der Waals surface area contributed by atoms with Gasteiger partial charge in [-0.15, -0.1) is 11.8 Å². The predicted molar refractivity (Wildman–Crippen MR) is 86.3 cm³/mol. The lowest BCUT2D eigenvalue weighted by atomic mass is 10.2. The zero-order valence-electron chi connectivity index (χ0n) is 11.9. The van der Waals surface area contributed by atoms with Crippen LogP contribution in [0.2, 0.25) is 0 Å². The van der Waals surface area contributed by atoms with Crippen LogP contribution in [0.1, 0.15) is 0 Å². The molecule has 0 unspecified atom stereocenters. The van der Waals surface area contributed by atoms with E-state index in [9.17, 15) is 5.11 Å². The third kappa shape index (κ3) is 3.05. The van der Waals surface area contributed by atoms with Crippen LogP contribution in [-0.2, 0) is 0 Å². The van der Waals surface area contributed by atoms with Crippen LogP contribution in [0.25, 0.3) is 0 Å². The van der Waals surface area contributed by atoms with Crippen LogP contribution >= 0.6 is 11.8 Å². The molecule has 3 rings (SSSR count). The van der Waals surface area contributed by atoms with Gasteiger partial charge in [0.05, 0.1) is 18.1 Å². The van der Waals surface area contributed by atoms with Gasteiger partial charge in [-0.3, -0.25) is 4.98 Å². The number of rotatable bonds is 3. The van der Waals surface area contributed by atoms with Crippen molar-refractivity contribution in [2.24, 2.45) is 0 Å². The summed E-state index contributed by atoms with van der Waals surface area (Å²) in [4.78, 5) is 13.3. The van der Waals surface area contributed by atoms with Crippen molar-refractivity contribution in [1.82, 2.24) is 9.97 Å². The molecule has 2 heterocycles. The van der Waals surface area contributed by atoms with Crippen molar-refractivity contribution in [3.63, 3.8) is 0 Å². The van der Waals surface area contributed by atoms with E-state index in [4.69, 9.17) is 0 Å². The van der Waals surface area contributed by atoms with Crippen LogP contribution in [0.5, 0.6) is 5.75 Å². The summed E-state index contributed by atoms with van der Waals surface area (Å²) in [6.45, 7) is 3.48. The molecule has 0 radical (unpaired) electrons. The minimum Gasteiger partial charge on any atom is -0.506 e. The number of anilines is 2. The lowest BCUT2D eigenvalue weighted by molar-refractivity contribution is 0.472. The number of aromatic nitrogens is 2. The van der Waals surface area contributed by atoms with Crippen LogP contribution in [-0.4, -0.2) is 47.5 Å². The molecule has 1 fully saturated rings. The molecule has 0 saturated carbocycles. The van der Waals surface area contributed by atoms with E-state index >= 15 is 0 Å². The molecule has 1 aliphatic heterocycles. The van der Waals surface area contributed by atoms with Crippen LogP contribution in [0.3, 0.4) is 0 Å². The molecule has 0 spiro atoms. The van der Waals surface area contributed by atoms with Gasteiger partial charge in [0.1, 0.15) is 16.6 Å². The molecule has 1 aliphatic rings. The Labute approximate surface area is 128 Å². The number of phenolic OH excluding ortho intramolecular Hbond substituents is 1. The second-order valence-electron chi connectivity index (χ2n) is 4.88.